The Morgan fingerprint density at radius 1 is 1.33 bits per heavy atom. The number of rotatable bonds is 2. The van der Waals surface area contributed by atoms with Crippen LogP contribution in [0.1, 0.15) is 12.5 Å². The first-order valence-corrected chi connectivity index (χ1v) is 4.89. The minimum Gasteiger partial charge on any atom is -0.328 e. The van der Waals surface area contributed by atoms with Gasteiger partial charge in [0.2, 0.25) is 0 Å². The van der Waals surface area contributed by atoms with E-state index >= 15 is 0 Å². The Balaban J connectivity index is 0.000000187. The number of nitrogens with two attached hydrogens (primary N) is 1. The molecule has 0 saturated heterocycles. The van der Waals surface area contributed by atoms with Crippen molar-refractivity contribution < 1.29 is 0 Å². The largest absolute Gasteiger partial charge is 0.328 e. The molecule has 2 aromatic rings. The van der Waals surface area contributed by atoms with Gasteiger partial charge in [0.15, 0.2) is 0 Å². The Kier molecular flexibility index (Phi) is 5.11. The number of H-pyrrole nitrogens is 1. The summed E-state index contributed by atoms with van der Waals surface area (Å²) >= 11 is 0. The summed E-state index contributed by atoms with van der Waals surface area (Å²) in [4.78, 5) is 0. The van der Waals surface area contributed by atoms with Gasteiger partial charge in [-0.3, -0.25) is 5.10 Å². The van der Waals surface area contributed by atoms with Gasteiger partial charge < -0.3 is 5.73 Å². The van der Waals surface area contributed by atoms with Crippen LogP contribution in [-0.2, 0) is 6.42 Å². The van der Waals surface area contributed by atoms with Crippen LogP contribution < -0.4 is 5.73 Å². The highest BCUT2D eigenvalue weighted by Gasteiger charge is 1.94. The van der Waals surface area contributed by atoms with E-state index in [4.69, 9.17) is 5.73 Å². The molecule has 4 heteroatoms. The molecule has 80 valence electrons. The molecule has 0 aliphatic carbocycles. The fraction of sp³-hybridized carbons (Fsp3) is 0.273. The fourth-order valence-corrected chi connectivity index (χ4v) is 1.15. The van der Waals surface area contributed by atoms with E-state index in [2.05, 4.69) is 27.5 Å². The Morgan fingerprint density at radius 3 is 2.47 bits per heavy atom. The molecule has 0 bridgehead atoms. The standard InChI is InChI=1S/C9H13N.C2H3N3/c1-8(10)7-9-5-3-2-4-6-9;1-2-4-5-3-1/h2-6,8H,7,10H2,1H3;1-2H,(H,3,4,5). The molecule has 0 fully saturated rings. The summed E-state index contributed by atoms with van der Waals surface area (Å²) in [6.45, 7) is 2.02. The van der Waals surface area contributed by atoms with Crippen molar-refractivity contribution in [2.24, 2.45) is 5.73 Å². The smallest absolute Gasteiger partial charge is 0.0690 e. The molecule has 0 radical (unpaired) electrons. The third-order valence-electron chi connectivity index (χ3n) is 1.73. The molecule has 0 saturated carbocycles. The second kappa shape index (κ2) is 6.73. The first-order valence-electron chi connectivity index (χ1n) is 4.89. The Bertz CT molecular complexity index is 312. The van der Waals surface area contributed by atoms with Crippen molar-refractivity contribution in [2.45, 2.75) is 19.4 Å². The highest BCUT2D eigenvalue weighted by molar-refractivity contribution is 5.15. The van der Waals surface area contributed by atoms with Crippen LogP contribution in [0.2, 0.25) is 0 Å². The lowest BCUT2D eigenvalue weighted by Gasteiger charge is -2.02. The van der Waals surface area contributed by atoms with Crippen molar-refractivity contribution in [1.82, 2.24) is 15.4 Å². The second-order valence-electron chi connectivity index (χ2n) is 3.33. The topological polar surface area (TPSA) is 67.6 Å². The van der Waals surface area contributed by atoms with E-state index in [0.29, 0.717) is 0 Å². The number of aromatic amines is 1. The average molecular weight is 204 g/mol. The van der Waals surface area contributed by atoms with Gasteiger partial charge in [-0.2, -0.15) is 0 Å². The van der Waals surface area contributed by atoms with Crippen molar-refractivity contribution in [3.8, 4) is 0 Å². The highest BCUT2D eigenvalue weighted by atomic mass is 15.3. The first kappa shape index (κ1) is 11.4. The average Bonchev–Trinajstić information content (AvgIpc) is 2.76. The zero-order chi connectivity index (χ0) is 10.9. The maximum absolute atomic E-state index is 5.62. The Morgan fingerprint density at radius 2 is 2.07 bits per heavy atom. The maximum atomic E-state index is 5.62. The van der Waals surface area contributed by atoms with E-state index in [1.807, 2.05) is 25.1 Å². The van der Waals surface area contributed by atoms with Crippen molar-refractivity contribution in [3.05, 3.63) is 48.3 Å². The first-order chi connectivity index (χ1) is 7.29. The molecule has 4 nitrogen and oxygen atoms in total. The van der Waals surface area contributed by atoms with Gasteiger partial charge in [-0.15, -0.1) is 5.10 Å². The predicted octanol–water partition coefficient (Wildman–Crippen LogP) is 1.38. The number of nitrogens with zero attached hydrogens (tertiary/aromatic N) is 2. The molecule has 0 spiro atoms. The third-order valence-corrected chi connectivity index (χ3v) is 1.73. The second-order valence-corrected chi connectivity index (χ2v) is 3.33. The molecule has 2 rings (SSSR count). The van der Waals surface area contributed by atoms with Crippen LogP contribution >= 0.6 is 0 Å². The summed E-state index contributed by atoms with van der Waals surface area (Å²) in [5.41, 5.74) is 6.94. The van der Waals surface area contributed by atoms with Gasteiger partial charge in [-0.05, 0) is 18.9 Å². The van der Waals surface area contributed by atoms with Crippen LogP contribution in [0.5, 0.6) is 0 Å². The SMILES string of the molecule is CC(N)Cc1ccccc1.c1c[nH]nn1. The molecule has 1 heterocycles. The molecule has 0 aliphatic rings. The number of nitrogens with one attached hydrogen (secondary N) is 1. The van der Waals surface area contributed by atoms with Crippen LogP contribution in [0.4, 0.5) is 0 Å². The summed E-state index contributed by atoms with van der Waals surface area (Å²) in [6, 6.07) is 10.6. The molecule has 1 aromatic carbocycles. The van der Waals surface area contributed by atoms with Crippen LogP contribution in [0, 0.1) is 0 Å². The molecule has 0 amide bonds. The zero-order valence-corrected chi connectivity index (χ0v) is 8.80. The van der Waals surface area contributed by atoms with Crippen molar-refractivity contribution in [2.75, 3.05) is 0 Å². The van der Waals surface area contributed by atoms with Gasteiger partial charge in [-0.1, -0.05) is 35.5 Å². The minimum atomic E-state index is 0.266. The lowest BCUT2D eigenvalue weighted by Crippen LogP contribution is -2.17. The summed E-state index contributed by atoms with van der Waals surface area (Å²) in [7, 11) is 0. The van der Waals surface area contributed by atoms with Gasteiger partial charge in [0.05, 0.1) is 6.20 Å². The lowest BCUT2D eigenvalue weighted by atomic mass is 10.1. The Hall–Kier alpha value is -1.68. The molecule has 1 unspecified atom stereocenters. The van der Waals surface area contributed by atoms with Gasteiger partial charge in [0.25, 0.3) is 0 Å². The molecule has 1 atom stereocenters. The maximum Gasteiger partial charge on any atom is 0.0690 e. The van der Waals surface area contributed by atoms with E-state index in [-0.39, 0.29) is 6.04 Å². The summed E-state index contributed by atoms with van der Waals surface area (Å²) in [6.07, 6.45) is 4.21. The van der Waals surface area contributed by atoms with E-state index in [9.17, 15) is 0 Å². The summed E-state index contributed by atoms with van der Waals surface area (Å²) < 4.78 is 0. The molecule has 3 N–H and O–H groups in total. The van der Waals surface area contributed by atoms with Crippen LogP contribution in [0.15, 0.2) is 42.7 Å². The van der Waals surface area contributed by atoms with E-state index in [0.717, 1.165) is 6.42 Å². The molecule has 0 aliphatic heterocycles. The lowest BCUT2D eigenvalue weighted by molar-refractivity contribution is 0.738. The van der Waals surface area contributed by atoms with Gasteiger partial charge in [0, 0.05) is 12.2 Å². The van der Waals surface area contributed by atoms with Crippen molar-refractivity contribution in [1.29, 1.82) is 0 Å². The monoisotopic (exact) mass is 204 g/mol. The number of aromatic nitrogens is 3. The minimum absolute atomic E-state index is 0.266. The molecular formula is C11H16N4. The fourth-order valence-electron chi connectivity index (χ4n) is 1.15. The van der Waals surface area contributed by atoms with Crippen LogP contribution in [0.3, 0.4) is 0 Å². The molecule has 15 heavy (non-hydrogen) atoms. The quantitative estimate of drug-likeness (QED) is 0.776. The van der Waals surface area contributed by atoms with Crippen molar-refractivity contribution >= 4 is 0 Å². The normalized spacial score (nSPS) is 11.3. The highest BCUT2D eigenvalue weighted by Crippen LogP contribution is 2.00. The van der Waals surface area contributed by atoms with E-state index in [1.165, 1.54) is 5.56 Å². The zero-order valence-electron chi connectivity index (χ0n) is 8.80. The van der Waals surface area contributed by atoms with Crippen molar-refractivity contribution in [3.63, 3.8) is 0 Å². The Labute approximate surface area is 89.5 Å². The van der Waals surface area contributed by atoms with Gasteiger partial charge in [0.1, 0.15) is 0 Å². The van der Waals surface area contributed by atoms with Gasteiger partial charge in [-0.25, -0.2) is 0 Å². The van der Waals surface area contributed by atoms with E-state index in [1.54, 1.807) is 12.4 Å². The summed E-state index contributed by atoms with van der Waals surface area (Å²) in [5, 5.41) is 9.26. The van der Waals surface area contributed by atoms with Crippen LogP contribution in [-0.4, -0.2) is 21.5 Å². The predicted molar refractivity (Wildman–Crippen MR) is 60.2 cm³/mol. The third kappa shape index (κ3) is 5.59. The van der Waals surface area contributed by atoms with E-state index < -0.39 is 0 Å². The van der Waals surface area contributed by atoms with Gasteiger partial charge >= 0.3 is 0 Å². The molecule has 1 aromatic heterocycles. The summed E-state index contributed by atoms with van der Waals surface area (Å²) in [5.74, 6) is 0. The number of benzene rings is 1. The van der Waals surface area contributed by atoms with Crippen LogP contribution in [0.25, 0.3) is 0 Å². The molecular weight excluding hydrogens is 188 g/mol. The number of hydrogen-bond acceptors (Lipinski definition) is 3. The number of hydrogen-bond donors (Lipinski definition) is 2.